The molecule has 0 radical (unpaired) electrons. The van der Waals surface area contributed by atoms with Gasteiger partial charge in [0, 0.05) is 19.2 Å². The highest BCUT2D eigenvalue weighted by Gasteiger charge is 2.28. The highest BCUT2D eigenvalue weighted by molar-refractivity contribution is 7.92. The number of rotatable bonds is 5. The topological polar surface area (TPSA) is 83.5 Å². The van der Waals surface area contributed by atoms with Crippen molar-refractivity contribution in [3.05, 3.63) is 53.1 Å². The molecule has 1 fully saturated rings. The molecule has 0 atom stereocenters. The first-order valence-electron chi connectivity index (χ1n) is 7.89. The van der Waals surface area contributed by atoms with Gasteiger partial charge in [0.25, 0.3) is 10.0 Å². The fraction of sp³-hybridized carbons (Fsp3) is 0.250. The molecule has 2 aromatic rings. The van der Waals surface area contributed by atoms with Crippen LogP contribution in [0.2, 0.25) is 5.02 Å². The first kappa shape index (κ1) is 20.0. The van der Waals surface area contributed by atoms with Gasteiger partial charge < -0.3 is 0 Å². The number of hydrogen-bond acceptors (Lipinski definition) is 4. The number of hydrogen-bond donors (Lipinski definition) is 1. The van der Waals surface area contributed by atoms with Crippen molar-refractivity contribution in [3.63, 3.8) is 0 Å². The molecule has 27 heavy (non-hydrogen) atoms. The molecule has 0 bridgehead atoms. The Labute approximate surface area is 160 Å². The van der Waals surface area contributed by atoms with Crippen LogP contribution in [0.4, 0.5) is 14.5 Å². The predicted molar refractivity (Wildman–Crippen MR) is 96.6 cm³/mol. The smallest absolute Gasteiger partial charge is 0.264 e. The van der Waals surface area contributed by atoms with E-state index < -0.39 is 36.6 Å². The third kappa shape index (κ3) is 4.08. The molecule has 3 rings (SSSR count). The van der Waals surface area contributed by atoms with Gasteiger partial charge in [-0.2, -0.15) is 4.31 Å². The van der Waals surface area contributed by atoms with Gasteiger partial charge in [-0.25, -0.2) is 25.6 Å². The Bertz CT molecular complexity index is 1090. The van der Waals surface area contributed by atoms with E-state index in [0.29, 0.717) is 19.2 Å². The van der Waals surface area contributed by atoms with Crippen LogP contribution < -0.4 is 4.72 Å². The molecule has 1 aliphatic rings. The Morgan fingerprint density at radius 1 is 0.963 bits per heavy atom. The average molecular weight is 437 g/mol. The SMILES string of the molecule is O=S(=O)(Nc1cc(S(=O)(=O)N2CCCC2)ccc1Cl)c1ccc(F)cc1F. The molecular formula is C16H15ClF2N2O4S2. The summed E-state index contributed by atoms with van der Waals surface area (Å²) in [4.78, 5) is -0.918. The van der Waals surface area contributed by atoms with E-state index in [-0.39, 0.29) is 15.6 Å². The summed E-state index contributed by atoms with van der Waals surface area (Å²) in [6, 6.07) is 5.59. The second kappa shape index (κ2) is 7.34. The monoisotopic (exact) mass is 436 g/mol. The molecule has 0 unspecified atom stereocenters. The van der Waals surface area contributed by atoms with Crippen molar-refractivity contribution in [2.75, 3.05) is 17.8 Å². The highest BCUT2D eigenvalue weighted by Crippen LogP contribution is 2.30. The maximum Gasteiger partial charge on any atom is 0.264 e. The van der Waals surface area contributed by atoms with Crippen molar-refractivity contribution in [2.24, 2.45) is 0 Å². The number of nitrogens with one attached hydrogen (secondary N) is 1. The van der Waals surface area contributed by atoms with Crippen LogP contribution in [-0.2, 0) is 20.0 Å². The fourth-order valence-corrected chi connectivity index (χ4v) is 5.61. The molecule has 0 saturated carbocycles. The van der Waals surface area contributed by atoms with E-state index in [1.807, 2.05) is 0 Å². The molecule has 0 aliphatic carbocycles. The van der Waals surface area contributed by atoms with Crippen molar-refractivity contribution in [2.45, 2.75) is 22.6 Å². The Morgan fingerprint density at radius 3 is 2.26 bits per heavy atom. The van der Waals surface area contributed by atoms with E-state index in [1.54, 1.807) is 0 Å². The molecule has 1 saturated heterocycles. The van der Waals surface area contributed by atoms with Gasteiger partial charge in [0.1, 0.15) is 16.5 Å². The minimum Gasteiger partial charge on any atom is -0.278 e. The summed E-state index contributed by atoms with van der Waals surface area (Å²) >= 11 is 5.98. The third-order valence-electron chi connectivity index (χ3n) is 4.07. The number of halogens is 3. The lowest BCUT2D eigenvalue weighted by Gasteiger charge is -2.17. The second-order valence-corrected chi connectivity index (χ2v) is 9.93. The van der Waals surface area contributed by atoms with E-state index in [2.05, 4.69) is 4.72 Å². The third-order valence-corrected chi connectivity index (χ3v) is 7.69. The summed E-state index contributed by atoms with van der Waals surface area (Å²) in [7, 11) is -8.24. The molecule has 0 aromatic heterocycles. The number of benzene rings is 2. The minimum atomic E-state index is -4.45. The van der Waals surface area contributed by atoms with E-state index >= 15 is 0 Å². The molecule has 2 aromatic carbocycles. The molecule has 1 aliphatic heterocycles. The van der Waals surface area contributed by atoms with E-state index in [9.17, 15) is 25.6 Å². The summed E-state index contributed by atoms with van der Waals surface area (Å²) in [5, 5.41) is -0.0681. The lowest BCUT2D eigenvalue weighted by molar-refractivity contribution is 0.477. The van der Waals surface area contributed by atoms with E-state index in [1.165, 1.54) is 16.4 Å². The van der Waals surface area contributed by atoms with E-state index in [4.69, 9.17) is 11.6 Å². The number of sulfonamides is 2. The van der Waals surface area contributed by atoms with Crippen molar-refractivity contribution in [1.29, 1.82) is 0 Å². The van der Waals surface area contributed by atoms with Crippen LogP contribution in [0.1, 0.15) is 12.8 Å². The molecule has 0 spiro atoms. The van der Waals surface area contributed by atoms with Crippen molar-refractivity contribution >= 4 is 37.3 Å². The van der Waals surface area contributed by atoms with Crippen LogP contribution in [0.5, 0.6) is 0 Å². The molecule has 1 N–H and O–H groups in total. The van der Waals surface area contributed by atoms with Crippen molar-refractivity contribution < 1.29 is 25.6 Å². The maximum absolute atomic E-state index is 13.8. The summed E-state index contributed by atoms with van der Waals surface area (Å²) in [5.41, 5.74) is -0.222. The molecule has 1 heterocycles. The first-order valence-corrected chi connectivity index (χ1v) is 11.2. The van der Waals surface area contributed by atoms with Crippen LogP contribution in [-0.4, -0.2) is 34.2 Å². The Hall–Kier alpha value is -1.75. The Balaban J connectivity index is 1.97. The zero-order chi connectivity index (χ0) is 19.8. The van der Waals surface area contributed by atoms with Crippen molar-refractivity contribution in [3.8, 4) is 0 Å². The minimum absolute atomic E-state index is 0.0681. The molecular weight excluding hydrogens is 422 g/mol. The maximum atomic E-state index is 13.8. The van der Waals surface area contributed by atoms with Crippen LogP contribution in [0.25, 0.3) is 0 Å². The fourth-order valence-electron chi connectivity index (χ4n) is 2.71. The van der Waals surface area contributed by atoms with Crippen molar-refractivity contribution in [1.82, 2.24) is 4.31 Å². The van der Waals surface area contributed by atoms with E-state index in [0.717, 1.165) is 31.0 Å². The van der Waals surface area contributed by atoms with Gasteiger partial charge in [0.05, 0.1) is 15.6 Å². The lowest BCUT2D eigenvalue weighted by atomic mass is 10.3. The average Bonchev–Trinajstić information content (AvgIpc) is 3.11. The second-order valence-electron chi connectivity index (χ2n) is 5.93. The van der Waals surface area contributed by atoms with Gasteiger partial charge in [-0.05, 0) is 43.2 Å². The van der Waals surface area contributed by atoms with Crippen LogP contribution in [0.3, 0.4) is 0 Å². The quantitative estimate of drug-likeness (QED) is 0.780. The molecule has 11 heteroatoms. The molecule has 0 amide bonds. The summed E-state index contributed by atoms with van der Waals surface area (Å²) in [6.45, 7) is 0.764. The number of nitrogens with zero attached hydrogens (tertiary/aromatic N) is 1. The summed E-state index contributed by atoms with van der Waals surface area (Å²) in [6.07, 6.45) is 1.49. The first-order chi connectivity index (χ1) is 12.6. The molecule has 6 nitrogen and oxygen atoms in total. The van der Waals surface area contributed by atoms with Crippen LogP contribution >= 0.6 is 11.6 Å². The standard InChI is InChI=1S/C16H15ClF2N2O4S2/c17-13-5-4-12(27(24,25)21-7-1-2-8-21)10-15(13)20-26(22,23)16-6-3-11(18)9-14(16)19/h3-6,9-10,20H,1-2,7-8H2. The van der Waals surface area contributed by atoms with Gasteiger partial charge in [-0.15, -0.1) is 0 Å². The zero-order valence-corrected chi connectivity index (χ0v) is 16.2. The van der Waals surface area contributed by atoms with Crippen LogP contribution in [0, 0.1) is 11.6 Å². The van der Waals surface area contributed by atoms with Gasteiger partial charge >= 0.3 is 0 Å². The van der Waals surface area contributed by atoms with Gasteiger partial charge in [0.2, 0.25) is 10.0 Å². The zero-order valence-electron chi connectivity index (χ0n) is 13.8. The van der Waals surface area contributed by atoms with Gasteiger partial charge in [0.15, 0.2) is 0 Å². The van der Waals surface area contributed by atoms with Crippen LogP contribution in [0.15, 0.2) is 46.2 Å². The molecule has 146 valence electrons. The highest BCUT2D eigenvalue weighted by atomic mass is 35.5. The van der Waals surface area contributed by atoms with Gasteiger partial charge in [-0.1, -0.05) is 11.6 Å². The predicted octanol–water partition coefficient (Wildman–Crippen LogP) is 3.20. The summed E-state index contributed by atoms with van der Waals surface area (Å²) in [5.74, 6) is -2.21. The normalized spacial score (nSPS) is 15.8. The Kier molecular flexibility index (Phi) is 5.44. The largest absolute Gasteiger partial charge is 0.278 e. The number of anilines is 1. The Morgan fingerprint density at radius 2 is 1.63 bits per heavy atom. The lowest BCUT2D eigenvalue weighted by Crippen LogP contribution is -2.28. The summed E-state index contributed by atoms with van der Waals surface area (Å²) < 4.78 is 80.3. The van der Waals surface area contributed by atoms with Gasteiger partial charge in [-0.3, -0.25) is 4.72 Å².